The topological polar surface area (TPSA) is 79.6 Å². The summed E-state index contributed by atoms with van der Waals surface area (Å²) >= 11 is 1.59. The Labute approximate surface area is 116 Å². The number of hydrogen-bond acceptors (Lipinski definition) is 4. The van der Waals surface area contributed by atoms with Crippen molar-refractivity contribution in [2.24, 2.45) is 7.05 Å². The zero-order valence-electron chi connectivity index (χ0n) is 10.5. The van der Waals surface area contributed by atoms with Gasteiger partial charge in [-0.05, 0) is 6.07 Å². The highest BCUT2D eigenvalue weighted by Crippen LogP contribution is 2.26. The van der Waals surface area contributed by atoms with Crippen molar-refractivity contribution in [2.75, 3.05) is 18.1 Å². The first-order valence-electron chi connectivity index (χ1n) is 5.84. The van der Waals surface area contributed by atoms with Gasteiger partial charge in [0.25, 0.3) is 0 Å². The predicted octanol–water partition coefficient (Wildman–Crippen LogP) is 0.606. The van der Waals surface area contributed by atoms with Crippen molar-refractivity contribution in [1.82, 2.24) is 8.87 Å². The maximum absolute atomic E-state index is 12.5. The number of thioether (sulfide) groups is 1. The molecule has 19 heavy (non-hydrogen) atoms. The van der Waals surface area contributed by atoms with Crippen molar-refractivity contribution in [3.05, 3.63) is 18.5 Å². The molecule has 1 aromatic heterocycles. The monoisotopic (exact) mass is 304 g/mol. The maximum atomic E-state index is 12.5. The van der Waals surface area contributed by atoms with Crippen LogP contribution in [0.3, 0.4) is 0 Å². The molecule has 1 aromatic rings. The van der Waals surface area contributed by atoms with Crippen LogP contribution in [0.5, 0.6) is 0 Å². The first-order chi connectivity index (χ1) is 8.91. The number of carboxylic acid groups (broad SMARTS) is 1. The Hall–Kier alpha value is -0.990. The summed E-state index contributed by atoms with van der Waals surface area (Å²) in [5.41, 5.74) is 0. The predicted molar refractivity (Wildman–Crippen MR) is 72.7 cm³/mol. The quantitative estimate of drug-likeness (QED) is 0.881. The third-order valence-corrected chi connectivity index (χ3v) is 6.02. The third-order valence-electron chi connectivity index (χ3n) is 3.00. The number of aliphatic carboxylic acids is 1. The van der Waals surface area contributed by atoms with Crippen molar-refractivity contribution in [1.29, 1.82) is 0 Å². The van der Waals surface area contributed by atoms with Gasteiger partial charge in [-0.1, -0.05) is 0 Å². The summed E-state index contributed by atoms with van der Waals surface area (Å²) in [5, 5.41) is 8.89. The number of aromatic nitrogens is 1. The molecule has 6 nitrogen and oxygen atoms in total. The van der Waals surface area contributed by atoms with E-state index < -0.39 is 22.0 Å². The molecule has 1 aliphatic heterocycles. The molecule has 1 fully saturated rings. The molecule has 8 heteroatoms. The van der Waals surface area contributed by atoms with Crippen LogP contribution >= 0.6 is 11.8 Å². The first kappa shape index (κ1) is 14.4. The van der Waals surface area contributed by atoms with E-state index in [1.807, 2.05) is 0 Å². The zero-order chi connectivity index (χ0) is 14.0. The molecule has 106 valence electrons. The Bertz CT molecular complexity index is 567. The highest BCUT2D eigenvalue weighted by molar-refractivity contribution is 7.99. The van der Waals surface area contributed by atoms with Crippen LogP contribution in [-0.2, 0) is 21.9 Å². The molecular weight excluding hydrogens is 288 g/mol. The number of carboxylic acids is 1. The van der Waals surface area contributed by atoms with Gasteiger partial charge in [0.05, 0.1) is 11.3 Å². The normalized spacial score (nSPS) is 21.4. The summed E-state index contributed by atoms with van der Waals surface area (Å²) in [6, 6.07) is 1.07. The fraction of sp³-hybridized carbons (Fsp3) is 0.545. The molecule has 0 spiro atoms. The molecule has 2 heterocycles. The summed E-state index contributed by atoms with van der Waals surface area (Å²) < 4.78 is 28.0. The van der Waals surface area contributed by atoms with Crippen LogP contribution in [0.4, 0.5) is 0 Å². The van der Waals surface area contributed by atoms with Gasteiger partial charge >= 0.3 is 5.97 Å². The molecular formula is C11H16N2O4S2. The SMILES string of the molecule is Cn1ccc(S(=O)(=O)N2CCSCC2CC(=O)O)c1. The van der Waals surface area contributed by atoms with Gasteiger partial charge in [-0.25, -0.2) is 8.42 Å². The van der Waals surface area contributed by atoms with Crippen molar-refractivity contribution in [3.8, 4) is 0 Å². The van der Waals surface area contributed by atoms with Gasteiger partial charge < -0.3 is 9.67 Å². The van der Waals surface area contributed by atoms with Gasteiger partial charge in [0.2, 0.25) is 10.0 Å². The van der Waals surface area contributed by atoms with Gasteiger partial charge in [-0.2, -0.15) is 16.1 Å². The summed E-state index contributed by atoms with van der Waals surface area (Å²) in [4.78, 5) is 11.1. The third kappa shape index (κ3) is 3.13. The Morgan fingerprint density at radius 1 is 1.58 bits per heavy atom. The maximum Gasteiger partial charge on any atom is 0.305 e. The molecule has 0 bridgehead atoms. The minimum atomic E-state index is -3.60. The Kier molecular flexibility index (Phi) is 4.22. The van der Waals surface area contributed by atoms with Gasteiger partial charge in [-0.3, -0.25) is 4.79 Å². The van der Waals surface area contributed by atoms with E-state index in [1.165, 1.54) is 16.6 Å². The largest absolute Gasteiger partial charge is 0.481 e. The lowest BCUT2D eigenvalue weighted by atomic mass is 10.2. The number of aryl methyl sites for hydroxylation is 1. The fourth-order valence-corrected chi connectivity index (χ4v) is 5.03. The van der Waals surface area contributed by atoms with E-state index in [0.29, 0.717) is 18.1 Å². The number of rotatable bonds is 4. The highest BCUT2D eigenvalue weighted by atomic mass is 32.2. The van der Waals surface area contributed by atoms with Crippen LogP contribution in [0.1, 0.15) is 6.42 Å². The van der Waals surface area contributed by atoms with Crippen LogP contribution in [0.25, 0.3) is 0 Å². The highest BCUT2D eigenvalue weighted by Gasteiger charge is 2.35. The van der Waals surface area contributed by atoms with Crippen LogP contribution < -0.4 is 0 Å². The number of sulfonamides is 1. The summed E-state index contributed by atoms with van der Waals surface area (Å²) in [6.07, 6.45) is 3.05. The molecule has 0 saturated carbocycles. The van der Waals surface area contributed by atoms with Gasteiger partial charge in [0.15, 0.2) is 0 Å². The molecule has 1 N–H and O–H groups in total. The summed E-state index contributed by atoms with van der Waals surface area (Å²) in [6.45, 7) is 0.361. The standard InChI is InChI=1S/C11H16N2O4S2/c1-12-3-2-10(7-12)19(16,17)13-4-5-18-8-9(13)6-11(14)15/h2-3,7,9H,4-6,8H2,1H3,(H,14,15). The van der Waals surface area contributed by atoms with Crippen LogP contribution in [0, 0.1) is 0 Å². The molecule has 1 atom stereocenters. The van der Waals surface area contributed by atoms with Crippen LogP contribution in [0.2, 0.25) is 0 Å². The molecule has 0 radical (unpaired) electrons. The lowest BCUT2D eigenvalue weighted by Gasteiger charge is -2.33. The number of hydrogen-bond donors (Lipinski definition) is 1. The van der Waals surface area contributed by atoms with Gasteiger partial charge in [0, 0.05) is 43.5 Å². The minimum Gasteiger partial charge on any atom is -0.481 e. The van der Waals surface area contributed by atoms with E-state index in [-0.39, 0.29) is 11.3 Å². The molecule has 0 aromatic carbocycles. The van der Waals surface area contributed by atoms with E-state index in [0.717, 1.165) is 0 Å². The first-order valence-corrected chi connectivity index (χ1v) is 8.44. The second kappa shape index (κ2) is 5.56. The average molecular weight is 304 g/mol. The zero-order valence-corrected chi connectivity index (χ0v) is 12.2. The summed E-state index contributed by atoms with van der Waals surface area (Å²) in [7, 11) is -1.85. The summed E-state index contributed by atoms with van der Waals surface area (Å²) in [5.74, 6) is 0.251. The van der Waals surface area contributed by atoms with E-state index in [1.54, 1.807) is 29.6 Å². The number of carbonyl (C=O) groups is 1. The van der Waals surface area contributed by atoms with E-state index in [2.05, 4.69) is 0 Å². The smallest absolute Gasteiger partial charge is 0.305 e. The fourth-order valence-electron chi connectivity index (χ4n) is 2.08. The van der Waals surface area contributed by atoms with Gasteiger partial charge in [0.1, 0.15) is 0 Å². The van der Waals surface area contributed by atoms with E-state index in [9.17, 15) is 13.2 Å². The van der Waals surface area contributed by atoms with Crippen molar-refractivity contribution < 1.29 is 18.3 Å². The van der Waals surface area contributed by atoms with Crippen molar-refractivity contribution >= 4 is 27.8 Å². The Morgan fingerprint density at radius 2 is 2.32 bits per heavy atom. The van der Waals surface area contributed by atoms with Gasteiger partial charge in [-0.15, -0.1) is 0 Å². The lowest BCUT2D eigenvalue weighted by molar-refractivity contribution is -0.137. The molecule has 0 aliphatic carbocycles. The molecule has 1 aliphatic rings. The molecule has 1 saturated heterocycles. The molecule has 0 amide bonds. The molecule has 2 rings (SSSR count). The Balaban J connectivity index is 2.28. The van der Waals surface area contributed by atoms with E-state index >= 15 is 0 Å². The molecule has 1 unspecified atom stereocenters. The second-order valence-electron chi connectivity index (χ2n) is 4.46. The number of nitrogens with zero attached hydrogens (tertiary/aromatic N) is 2. The van der Waals surface area contributed by atoms with Crippen LogP contribution in [0.15, 0.2) is 23.4 Å². The minimum absolute atomic E-state index is 0.154. The van der Waals surface area contributed by atoms with Crippen molar-refractivity contribution in [2.45, 2.75) is 17.4 Å². The average Bonchev–Trinajstić information content (AvgIpc) is 2.76. The van der Waals surface area contributed by atoms with E-state index in [4.69, 9.17) is 5.11 Å². The van der Waals surface area contributed by atoms with Crippen molar-refractivity contribution in [3.63, 3.8) is 0 Å². The Morgan fingerprint density at radius 3 is 2.89 bits per heavy atom. The van der Waals surface area contributed by atoms with Crippen LogP contribution in [-0.4, -0.2) is 52.5 Å². The lowest BCUT2D eigenvalue weighted by Crippen LogP contribution is -2.46. The second-order valence-corrected chi connectivity index (χ2v) is 7.50.